The van der Waals surface area contributed by atoms with E-state index in [1.807, 2.05) is 0 Å². The summed E-state index contributed by atoms with van der Waals surface area (Å²) in [7, 11) is -2.95. The number of ketones is 1. The standard InChI is InChI=1S/C12H16O3S/c1-2-4-12(13)9-7-10-5-3-6-11(8-9)16(10,14)15/h1,9-11H,3-8H2. The second kappa shape index (κ2) is 4.21. The third-order valence-electron chi connectivity index (χ3n) is 3.81. The third kappa shape index (κ3) is 1.89. The van der Waals surface area contributed by atoms with E-state index in [-0.39, 0.29) is 28.6 Å². The van der Waals surface area contributed by atoms with E-state index in [0.29, 0.717) is 12.8 Å². The van der Waals surface area contributed by atoms with Crippen molar-refractivity contribution in [3.8, 4) is 12.3 Å². The molecule has 2 atom stereocenters. The molecule has 0 amide bonds. The molecule has 2 saturated heterocycles. The number of carbonyl (C=O) groups is 1. The lowest BCUT2D eigenvalue weighted by molar-refractivity contribution is -0.122. The van der Waals surface area contributed by atoms with Gasteiger partial charge in [-0.25, -0.2) is 8.42 Å². The van der Waals surface area contributed by atoms with E-state index < -0.39 is 9.84 Å². The van der Waals surface area contributed by atoms with Gasteiger partial charge in [-0.2, -0.15) is 0 Å². The van der Waals surface area contributed by atoms with Crippen LogP contribution in [0.3, 0.4) is 0 Å². The molecule has 0 aliphatic carbocycles. The monoisotopic (exact) mass is 240 g/mol. The molecule has 0 saturated carbocycles. The van der Waals surface area contributed by atoms with Crippen molar-refractivity contribution in [3.63, 3.8) is 0 Å². The minimum Gasteiger partial charge on any atom is -0.298 e. The van der Waals surface area contributed by atoms with Gasteiger partial charge in [0.05, 0.1) is 16.9 Å². The highest BCUT2D eigenvalue weighted by Gasteiger charge is 2.45. The molecular formula is C12H16O3S. The summed E-state index contributed by atoms with van der Waals surface area (Å²) in [5.41, 5.74) is 0. The van der Waals surface area contributed by atoms with Crippen molar-refractivity contribution in [1.29, 1.82) is 0 Å². The molecule has 16 heavy (non-hydrogen) atoms. The van der Waals surface area contributed by atoms with Gasteiger partial charge in [0.25, 0.3) is 0 Å². The van der Waals surface area contributed by atoms with Crippen LogP contribution in [-0.2, 0) is 14.6 Å². The fourth-order valence-corrected chi connectivity index (χ4v) is 5.45. The summed E-state index contributed by atoms with van der Waals surface area (Å²) in [5, 5.41) is -0.571. The molecule has 88 valence electrons. The predicted octanol–water partition coefficient (Wildman–Crippen LogP) is 1.32. The lowest BCUT2D eigenvalue weighted by Gasteiger charge is -2.37. The Morgan fingerprint density at radius 3 is 2.31 bits per heavy atom. The molecule has 0 N–H and O–H groups in total. The van der Waals surface area contributed by atoms with E-state index in [4.69, 9.17) is 6.42 Å². The summed E-state index contributed by atoms with van der Waals surface area (Å²) in [6.07, 6.45) is 8.68. The van der Waals surface area contributed by atoms with E-state index >= 15 is 0 Å². The number of carbonyl (C=O) groups excluding carboxylic acids is 1. The summed E-state index contributed by atoms with van der Waals surface area (Å²) in [6, 6.07) is 0. The molecule has 3 nitrogen and oxygen atoms in total. The van der Waals surface area contributed by atoms with E-state index in [9.17, 15) is 13.2 Å². The minimum absolute atomic E-state index is 0.0503. The van der Waals surface area contributed by atoms with Gasteiger partial charge in [0, 0.05) is 5.92 Å². The first-order valence-corrected chi connectivity index (χ1v) is 7.35. The molecule has 4 heteroatoms. The Labute approximate surface area is 96.5 Å². The van der Waals surface area contributed by atoms with Crippen molar-refractivity contribution in [2.75, 3.05) is 0 Å². The molecule has 2 rings (SSSR count). The van der Waals surface area contributed by atoms with Crippen molar-refractivity contribution in [2.45, 2.75) is 49.0 Å². The fraction of sp³-hybridized carbons (Fsp3) is 0.750. The highest BCUT2D eigenvalue weighted by molar-refractivity contribution is 7.92. The van der Waals surface area contributed by atoms with Gasteiger partial charge in [-0.05, 0) is 25.7 Å². The number of rotatable bonds is 2. The Morgan fingerprint density at radius 2 is 1.81 bits per heavy atom. The van der Waals surface area contributed by atoms with Crippen molar-refractivity contribution in [1.82, 2.24) is 0 Å². The second-order valence-electron chi connectivity index (χ2n) is 4.78. The van der Waals surface area contributed by atoms with Gasteiger partial charge in [-0.3, -0.25) is 4.79 Å². The van der Waals surface area contributed by atoms with Gasteiger partial charge in [-0.15, -0.1) is 6.42 Å². The van der Waals surface area contributed by atoms with Crippen LogP contribution in [0.15, 0.2) is 0 Å². The van der Waals surface area contributed by atoms with Crippen LogP contribution in [-0.4, -0.2) is 24.7 Å². The molecule has 2 bridgehead atoms. The third-order valence-corrected chi connectivity index (χ3v) is 6.52. The molecule has 2 heterocycles. The predicted molar refractivity (Wildman–Crippen MR) is 61.5 cm³/mol. The maximum absolute atomic E-state index is 12.0. The van der Waals surface area contributed by atoms with Crippen molar-refractivity contribution in [2.24, 2.45) is 5.92 Å². The summed E-state index contributed by atoms with van der Waals surface area (Å²) >= 11 is 0. The number of hydrogen-bond donors (Lipinski definition) is 0. The average Bonchev–Trinajstić information content (AvgIpc) is 2.15. The number of sulfone groups is 1. The zero-order chi connectivity index (χ0) is 11.8. The van der Waals surface area contributed by atoms with Gasteiger partial charge in [0.2, 0.25) is 0 Å². The van der Waals surface area contributed by atoms with E-state index in [1.54, 1.807) is 0 Å². The molecule has 0 radical (unpaired) electrons. The number of Topliss-reactive ketones (excluding diaryl/α,β-unsaturated/α-hetero) is 1. The quantitative estimate of drug-likeness (QED) is 0.684. The van der Waals surface area contributed by atoms with Crippen LogP contribution < -0.4 is 0 Å². The Kier molecular flexibility index (Phi) is 3.07. The van der Waals surface area contributed by atoms with E-state index in [0.717, 1.165) is 19.3 Å². The molecule has 2 aliphatic rings. The molecule has 0 aromatic carbocycles. The summed E-state index contributed by atoms with van der Waals surface area (Å²) < 4.78 is 23.9. The SMILES string of the molecule is C#CCC(=O)C1CC2CCCC(C1)S2(=O)=O. The Bertz CT molecular complexity index is 410. The number of hydrogen-bond acceptors (Lipinski definition) is 3. The van der Waals surface area contributed by atoms with Gasteiger partial charge in [0.1, 0.15) is 5.78 Å². The van der Waals surface area contributed by atoms with Crippen LogP contribution in [0.1, 0.15) is 38.5 Å². The smallest absolute Gasteiger partial charge is 0.156 e. The van der Waals surface area contributed by atoms with Crippen LogP contribution in [0.5, 0.6) is 0 Å². The van der Waals surface area contributed by atoms with E-state index in [2.05, 4.69) is 5.92 Å². The first kappa shape index (κ1) is 11.7. The van der Waals surface area contributed by atoms with Crippen LogP contribution in [0.4, 0.5) is 0 Å². The minimum atomic E-state index is -2.95. The second-order valence-corrected chi connectivity index (χ2v) is 7.29. The topological polar surface area (TPSA) is 51.2 Å². The molecular weight excluding hydrogens is 224 g/mol. The van der Waals surface area contributed by atoms with Gasteiger partial charge in [0.15, 0.2) is 9.84 Å². The van der Waals surface area contributed by atoms with E-state index in [1.165, 1.54) is 0 Å². The Morgan fingerprint density at radius 1 is 1.25 bits per heavy atom. The lowest BCUT2D eigenvalue weighted by atomic mass is 9.86. The average molecular weight is 240 g/mol. The van der Waals surface area contributed by atoms with Gasteiger partial charge in [-0.1, -0.05) is 12.3 Å². The Hall–Kier alpha value is -0.820. The molecule has 2 unspecified atom stereocenters. The molecule has 0 aromatic heterocycles. The van der Waals surface area contributed by atoms with Crippen molar-refractivity contribution in [3.05, 3.63) is 0 Å². The highest BCUT2D eigenvalue weighted by Crippen LogP contribution is 2.39. The first-order valence-electron chi connectivity index (χ1n) is 5.74. The number of fused-ring (bicyclic) bond motifs is 2. The zero-order valence-electron chi connectivity index (χ0n) is 9.19. The first-order chi connectivity index (χ1) is 7.55. The Balaban J connectivity index is 2.16. The fourth-order valence-electron chi connectivity index (χ4n) is 2.92. The molecule has 2 aliphatic heterocycles. The molecule has 0 aromatic rings. The summed E-state index contributed by atoms with van der Waals surface area (Å²) in [6.45, 7) is 0. The molecule has 0 spiro atoms. The maximum atomic E-state index is 12.0. The summed E-state index contributed by atoms with van der Waals surface area (Å²) in [5.74, 6) is 2.29. The van der Waals surface area contributed by atoms with Crippen LogP contribution in [0, 0.1) is 18.3 Å². The lowest BCUT2D eigenvalue weighted by Crippen LogP contribution is -2.45. The normalized spacial score (nSPS) is 36.3. The van der Waals surface area contributed by atoms with Crippen LogP contribution in [0.2, 0.25) is 0 Å². The van der Waals surface area contributed by atoms with Crippen molar-refractivity contribution < 1.29 is 13.2 Å². The summed E-state index contributed by atoms with van der Waals surface area (Å²) in [4.78, 5) is 11.7. The van der Waals surface area contributed by atoms with Crippen molar-refractivity contribution >= 4 is 15.6 Å². The largest absolute Gasteiger partial charge is 0.298 e. The zero-order valence-corrected chi connectivity index (χ0v) is 10.0. The maximum Gasteiger partial charge on any atom is 0.156 e. The van der Waals surface area contributed by atoms with Crippen LogP contribution >= 0.6 is 0 Å². The van der Waals surface area contributed by atoms with Gasteiger partial charge >= 0.3 is 0 Å². The van der Waals surface area contributed by atoms with Crippen LogP contribution in [0.25, 0.3) is 0 Å². The molecule has 2 fully saturated rings. The number of terminal acetylenes is 1. The van der Waals surface area contributed by atoms with Gasteiger partial charge < -0.3 is 0 Å². The highest BCUT2D eigenvalue weighted by atomic mass is 32.2.